The van der Waals surface area contributed by atoms with Crippen LogP contribution in [0.25, 0.3) is 0 Å². The minimum Gasteiger partial charge on any atom is -0.459 e. The van der Waals surface area contributed by atoms with Crippen molar-refractivity contribution >= 4 is 18.4 Å². The fraction of sp³-hybridized carbons (Fsp3) is 0.273. The Kier molecular flexibility index (Phi) is 6.17. The predicted octanol–water partition coefficient (Wildman–Crippen LogP) is 3.33. The highest BCUT2D eigenvalue weighted by atomic mass is 35.5. The van der Waals surface area contributed by atoms with Gasteiger partial charge in [0.1, 0.15) is 17.3 Å². The molecular formula is C22H24ClN3O2. The maximum absolute atomic E-state index is 13.2. The first kappa shape index (κ1) is 20.1. The molecular weight excluding hydrogens is 374 g/mol. The lowest BCUT2D eigenvalue weighted by Crippen LogP contribution is -2.33. The molecule has 6 heteroatoms. The lowest BCUT2D eigenvalue weighted by atomic mass is 9.72. The number of benzene rings is 2. The van der Waals surface area contributed by atoms with E-state index in [0.717, 1.165) is 17.0 Å². The van der Waals surface area contributed by atoms with Crippen LogP contribution in [0.3, 0.4) is 0 Å². The largest absolute Gasteiger partial charge is 0.459 e. The first-order valence-corrected chi connectivity index (χ1v) is 9.21. The average molecular weight is 398 g/mol. The number of hydrogen-bond donors (Lipinski definition) is 1. The van der Waals surface area contributed by atoms with Gasteiger partial charge in [0.25, 0.3) is 0 Å². The van der Waals surface area contributed by atoms with E-state index < -0.39 is 5.41 Å². The van der Waals surface area contributed by atoms with Crippen LogP contribution >= 0.6 is 12.4 Å². The fourth-order valence-electron chi connectivity index (χ4n) is 3.95. The molecule has 0 bridgehead atoms. The van der Waals surface area contributed by atoms with E-state index in [4.69, 9.17) is 4.74 Å². The molecule has 2 aromatic carbocycles. The molecule has 28 heavy (non-hydrogen) atoms. The van der Waals surface area contributed by atoms with Crippen LogP contribution in [0.1, 0.15) is 23.4 Å². The molecule has 1 N–H and O–H groups in total. The lowest BCUT2D eigenvalue weighted by molar-refractivity contribution is -0.145. The zero-order valence-electron chi connectivity index (χ0n) is 15.7. The van der Waals surface area contributed by atoms with Crippen molar-refractivity contribution in [3.8, 4) is 0 Å². The number of cyclic esters (lactones) is 1. The number of carbonyl (C=O) groups is 1. The molecule has 1 unspecified atom stereocenters. The summed E-state index contributed by atoms with van der Waals surface area (Å²) in [7, 11) is 1.89. The van der Waals surface area contributed by atoms with Crippen molar-refractivity contribution in [2.24, 2.45) is 0 Å². The number of carbonyl (C=O) groups excluding carboxylic acids is 1. The molecule has 3 aromatic rings. The number of ether oxygens (including phenoxy) is 1. The van der Waals surface area contributed by atoms with Crippen LogP contribution in [0.15, 0.2) is 73.1 Å². The van der Waals surface area contributed by atoms with Crippen LogP contribution in [0, 0.1) is 0 Å². The Balaban J connectivity index is 0.00000225. The van der Waals surface area contributed by atoms with Crippen molar-refractivity contribution in [1.82, 2.24) is 14.9 Å². The summed E-state index contributed by atoms with van der Waals surface area (Å²) in [5, 5.41) is 3.12. The van der Waals surface area contributed by atoms with Crippen molar-refractivity contribution < 1.29 is 9.53 Å². The van der Waals surface area contributed by atoms with E-state index in [-0.39, 0.29) is 24.5 Å². The van der Waals surface area contributed by atoms with E-state index in [9.17, 15) is 4.79 Å². The highest BCUT2D eigenvalue weighted by molar-refractivity contribution is 5.89. The maximum Gasteiger partial charge on any atom is 0.321 e. The third-order valence-corrected chi connectivity index (χ3v) is 5.23. The molecule has 1 fully saturated rings. The van der Waals surface area contributed by atoms with E-state index in [1.165, 1.54) is 0 Å². The van der Waals surface area contributed by atoms with E-state index in [2.05, 4.69) is 14.9 Å². The van der Waals surface area contributed by atoms with E-state index in [0.29, 0.717) is 19.5 Å². The third-order valence-electron chi connectivity index (χ3n) is 5.23. The molecule has 1 atom stereocenters. The van der Waals surface area contributed by atoms with Gasteiger partial charge in [-0.3, -0.25) is 4.79 Å². The zero-order valence-corrected chi connectivity index (χ0v) is 16.6. The minimum absolute atomic E-state index is 0. The Hall–Kier alpha value is -2.63. The van der Waals surface area contributed by atoms with E-state index in [1.54, 1.807) is 6.20 Å². The number of rotatable bonds is 6. The second-order valence-corrected chi connectivity index (χ2v) is 6.89. The predicted molar refractivity (Wildman–Crippen MR) is 110 cm³/mol. The maximum atomic E-state index is 13.2. The molecule has 2 heterocycles. The van der Waals surface area contributed by atoms with Gasteiger partial charge in [-0.2, -0.15) is 0 Å². The number of nitrogens with zero attached hydrogens (tertiary/aromatic N) is 2. The minimum atomic E-state index is -0.767. The van der Waals surface area contributed by atoms with Crippen molar-refractivity contribution in [2.45, 2.75) is 31.0 Å². The Bertz CT molecular complexity index is 872. The smallest absolute Gasteiger partial charge is 0.321 e. The van der Waals surface area contributed by atoms with Gasteiger partial charge in [0, 0.05) is 18.8 Å². The molecule has 1 aliphatic rings. The van der Waals surface area contributed by atoms with E-state index in [1.807, 2.05) is 73.9 Å². The first-order valence-electron chi connectivity index (χ1n) is 9.21. The van der Waals surface area contributed by atoms with Gasteiger partial charge in [0.15, 0.2) is 0 Å². The van der Waals surface area contributed by atoms with Crippen LogP contribution in [-0.4, -0.2) is 28.7 Å². The molecule has 1 saturated heterocycles. The number of esters is 1. The standard InChI is InChI=1S/C22H23N3O2.ClH/c1-23-15-20-24-12-13-25(20)16-19-14-22(21(26)27-19,17-8-4-2-5-9-17)18-10-6-3-7-11-18;/h2-13,19,23H,14-16H2,1H3;1H. The van der Waals surface area contributed by atoms with Crippen molar-refractivity contribution in [2.75, 3.05) is 7.05 Å². The topological polar surface area (TPSA) is 56.2 Å². The number of halogens is 1. The molecule has 0 spiro atoms. The van der Waals surface area contributed by atoms with Gasteiger partial charge >= 0.3 is 5.97 Å². The molecule has 1 aliphatic heterocycles. The van der Waals surface area contributed by atoms with Gasteiger partial charge in [-0.15, -0.1) is 12.4 Å². The van der Waals surface area contributed by atoms with Crippen molar-refractivity contribution in [3.05, 3.63) is 90.0 Å². The molecule has 5 nitrogen and oxygen atoms in total. The summed E-state index contributed by atoms with van der Waals surface area (Å²) >= 11 is 0. The summed E-state index contributed by atoms with van der Waals surface area (Å²) < 4.78 is 7.94. The van der Waals surface area contributed by atoms with Crippen LogP contribution in [0.2, 0.25) is 0 Å². The number of aromatic nitrogens is 2. The van der Waals surface area contributed by atoms with Crippen LogP contribution in [0.5, 0.6) is 0 Å². The zero-order chi connectivity index (χ0) is 18.7. The summed E-state index contributed by atoms with van der Waals surface area (Å²) in [6, 6.07) is 19.9. The quantitative estimate of drug-likeness (QED) is 0.648. The first-order chi connectivity index (χ1) is 13.2. The van der Waals surface area contributed by atoms with Gasteiger partial charge < -0.3 is 14.6 Å². The molecule has 0 aliphatic carbocycles. The summed E-state index contributed by atoms with van der Waals surface area (Å²) in [6.07, 6.45) is 4.12. The lowest BCUT2D eigenvalue weighted by Gasteiger charge is -2.26. The van der Waals surface area contributed by atoms with E-state index >= 15 is 0 Å². The van der Waals surface area contributed by atoms with Crippen LogP contribution in [0.4, 0.5) is 0 Å². The average Bonchev–Trinajstić information content (AvgIpc) is 3.28. The SMILES string of the molecule is CNCc1nccn1CC1CC(c2ccccc2)(c2ccccc2)C(=O)O1.Cl. The Labute approximate surface area is 171 Å². The Morgan fingerprint density at radius 2 is 1.71 bits per heavy atom. The van der Waals surface area contributed by atoms with Gasteiger partial charge in [0.05, 0.1) is 13.1 Å². The summed E-state index contributed by atoms with van der Waals surface area (Å²) in [5.74, 6) is 0.755. The van der Waals surface area contributed by atoms with Crippen molar-refractivity contribution in [1.29, 1.82) is 0 Å². The fourth-order valence-corrected chi connectivity index (χ4v) is 3.95. The molecule has 0 saturated carbocycles. The van der Waals surface area contributed by atoms with Gasteiger partial charge in [-0.25, -0.2) is 4.98 Å². The normalized spacial score (nSPS) is 17.8. The summed E-state index contributed by atoms with van der Waals surface area (Å²) in [5.41, 5.74) is 1.19. The summed E-state index contributed by atoms with van der Waals surface area (Å²) in [4.78, 5) is 17.6. The van der Waals surface area contributed by atoms with Crippen LogP contribution in [-0.2, 0) is 28.0 Å². The molecule has 146 valence electrons. The monoisotopic (exact) mass is 397 g/mol. The molecule has 1 aromatic heterocycles. The van der Waals surface area contributed by atoms with Crippen molar-refractivity contribution in [3.63, 3.8) is 0 Å². The molecule has 0 radical (unpaired) electrons. The second-order valence-electron chi connectivity index (χ2n) is 6.89. The number of hydrogen-bond acceptors (Lipinski definition) is 4. The number of nitrogens with one attached hydrogen (secondary N) is 1. The Morgan fingerprint density at radius 1 is 1.11 bits per heavy atom. The van der Waals surface area contributed by atoms with Crippen LogP contribution < -0.4 is 5.32 Å². The van der Waals surface area contributed by atoms with Gasteiger partial charge in [-0.05, 0) is 18.2 Å². The molecule has 0 amide bonds. The van der Waals surface area contributed by atoms with Gasteiger partial charge in [0.2, 0.25) is 0 Å². The summed E-state index contributed by atoms with van der Waals surface area (Å²) in [6.45, 7) is 1.28. The third kappa shape index (κ3) is 3.55. The number of imidazole rings is 1. The molecule has 4 rings (SSSR count). The second kappa shape index (κ2) is 8.59. The highest BCUT2D eigenvalue weighted by Crippen LogP contribution is 2.43. The Morgan fingerprint density at radius 3 is 2.29 bits per heavy atom. The highest BCUT2D eigenvalue weighted by Gasteiger charge is 2.51. The van der Waals surface area contributed by atoms with Gasteiger partial charge in [-0.1, -0.05) is 60.7 Å².